The molecule has 1 saturated heterocycles. The van der Waals surface area contributed by atoms with Crippen molar-refractivity contribution in [2.24, 2.45) is 0 Å². The lowest BCUT2D eigenvalue weighted by atomic mass is 10.1. The van der Waals surface area contributed by atoms with Crippen LogP contribution in [0.3, 0.4) is 0 Å². The number of nitrogens with zero attached hydrogens (tertiary/aromatic N) is 1. The first-order valence-corrected chi connectivity index (χ1v) is 7.01. The maximum Gasteiger partial charge on any atom is 0.0641 e. The predicted molar refractivity (Wildman–Crippen MR) is 76.5 cm³/mol. The Morgan fingerprint density at radius 1 is 1.33 bits per heavy atom. The second-order valence-electron chi connectivity index (χ2n) is 4.47. The van der Waals surface area contributed by atoms with Gasteiger partial charge in [0.15, 0.2) is 0 Å². The number of benzene rings is 1. The average molecular weight is 269 g/mol. The van der Waals surface area contributed by atoms with Crippen molar-refractivity contribution in [2.45, 2.75) is 19.9 Å². The molecule has 0 spiro atoms. The van der Waals surface area contributed by atoms with Crippen LogP contribution in [0.25, 0.3) is 0 Å². The number of hydrogen-bond acceptors (Lipinski definition) is 3. The van der Waals surface area contributed by atoms with Crippen LogP contribution in [-0.4, -0.2) is 32.8 Å². The van der Waals surface area contributed by atoms with Gasteiger partial charge in [0.05, 0.1) is 6.61 Å². The second kappa shape index (κ2) is 6.98. The molecule has 0 bridgehead atoms. The number of hydrogen-bond donors (Lipinski definition) is 1. The van der Waals surface area contributed by atoms with Crippen molar-refractivity contribution in [3.05, 3.63) is 28.8 Å². The Labute approximate surface area is 114 Å². The fourth-order valence-corrected chi connectivity index (χ4v) is 2.49. The highest BCUT2D eigenvalue weighted by Gasteiger charge is 2.15. The quantitative estimate of drug-likeness (QED) is 0.909. The number of rotatable bonds is 4. The lowest BCUT2D eigenvalue weighted by molar-refractivity contribution is 0.152. The zero-order valence-electron chi connectivity index (χ0n) is 10.9. The number of ether oxygens (including phenoxy) is 1. The molecule has 1 aromatic carbocycles. The first-order valence-electron chi connectivity index (χ1n) is 6.63. The van der Waals surface area contributed by atoms with Gasteiger partial charge in [-0.3, -0.25) is 0 Å². The van der Waals surface area contributed by atoms with E-state index in [0.29, 0.717) is 0 Å². The summed E-state index contributed by atoms with van der Waals surface area (Å²) in [6.07, 6.45) is 1.08. The van der Waals surface area contributed by atoms with Gasteiger partial charge in [0.1, 0.15) is 0 Å². The van der Waals surface area contributed by atoms with E-state index in [2.05, 4.69) is 23.2 Å². The fourth-order valence-electron chi connectivity index (χ4n) is 2.26. The summed E-state index contributed by atoms with van der Waals surface area (Å²) in [6, 6.07) is 6.15. The highest BCUT2D eigenvalue weighted by molar-refractivity contribution is 6.31. The highest BCUT2D eigenvalue weighted by atomic mass is 35.5. The van der Waals surface area contributed by atoms with Gasteiger partial charge in [-0.1, -0.05) is 24.6 Å². The van der Waals surface area contributed by atoms with Crippen LogP contribution in [0, 0.1) is 0 Å². The van der Waals surface area contributed by atoms with Crippen LogP contribution in [0.2, 0.25) is 5.02 Å². The Kier molecular flexibility index (Phi) is 5.29. The first-order chi connectivity index (χ1) is 8.83. The Morgan fingerprint density at radius 3 is 3.06 bits per heavy atom. The third-order valence-electron chi connectivity index (χ3n) is 3.21. The van der Waals surface area contributed by atoms with Gasteiger partial charge in [0.25, 0.3) is 0 Å². The molecule has 0 aromatic heterocycles. The van der Waals surface area contributed by atoms with Gasteiger partial charge in [-0.15, -0.1) is 0 Å². The van der Waals surface area contributed by atoms with E-state index in [1.807, 2.05) is 12.1 Å². The molecule has 3 nitrogen and oxygen atoms in total. The van der Waals surface area contributed by atoms with Crippen LogP contribution in [-0.2, 0) is 11.3 Å². The van der Waals surface area contributed by atoms with Crippen molar-refractivity contribution in [3.8, 4) is 0 Å². The molecule has 0 aliphatic carbocycles. The van der Waals surface area contributed by atoms with Crippen molar-refractivity contribution < 1.29 is 4.74 Å². The van der Waals surface area contributed by atoms with E-state index >= 15 is 0 Å². The molecule has 0 unspecified atom stereocenters. The molecule has 1 N–H and O–H groups in total. The van der Waals surface area contributed by atoms with E-state index in [0.717, 1.165) is 50.8 Å². The summed E-state index contributed by atoms with van der Waals surface area (Å²) >= 11 is 6.33. The van der Waals surface area contributed by atoms with Crippen LogP contribution in [0.5, 0.6) is 0 Å². The molecule has 0 radical (unpaired) electrons. The lowest BCUT2D eigenvalue weighted by Crippen LogP contribution is -2.28. The molecule has 100 valence electrons. The van der Waals surface area contributed by atoms with Crippen molar-refractivity contribution in [2.75, 3.05) is 37.7 Å². The van der Waals surface area contributed by atoms with E-state index in [-0.39, 0.29) is 0 Å². The van der Waals surface area contributed by atoms with E-state index in [4.69, 9.17) is 16.3 Å². The minimum Gasteiger partial charge on any atom is -0.380 e. The second-order valence-corrected chi connectivity index (χ2v) is 4.88. The summed E-state index contributed by atoms with van der Waals surface area (Å²) in [5.74, 6) is 0. The zero-order valence-corrected chi connectivity index (χ0v) is 11.7. The fraction of sp³-hybridized carbons (Fsp3) is 0.571. The summed E-state index contributed by atoms with van der Waals surface area (Å²) in [7, 11) is 0. The van der Waals surface area contributed by atoms with Gasteiger partial charge in [-0.05, 0) is 25.1 Å². The van der Waals surface area contributed by atoms with Gasteiger partial charge < -0.3 is 15.0 Å². The molecule has 0 atom stereocenters. The van der Waals surface area contributed by atoms with Crippen LogP contribution < -0.4 is 10.2 Å². The minimum absolute atomic E-state index is 0.799. The van der Waals surface area contributed by atoms with Crippen molar-refractivity contribution >= 4 is 17.3 Å². The maximum atomic E-state index is 6.33. The van der Waals surface area contributed by atoms with Crippen LogP contribution in [0.1, 0.15) is 18.9 Å². The molecule has 1 aliphatic heterocycles. The van der Waals surface area contributed by atoms with Crippen molar-refractivity contribution in [1.82, 2.24) is 5.32 Å². The monoisotopic (exact) mass is 268 g/mol. The molecular weight excluding hydrogens is 248 g/mol. The Balaban J connectivity index is 2.21. The van der Waals surface area contributed by atoms with Crippen LogP contribution in [0.15, 0.2) is 18.2 Å². The van der Waals surface area contributed by atoms with Crippen LogP contribution in [0.4, 0.5) is 5.69 Å². The Morgan fingerprint density at radius 2 is 2.22 bits per heavy atom. The van der Waals surface area contributed by atoms with Gasteiger partial charge in [0, 0.05) is 42.5 Å². The third-order valence-corrected chi connectivity index (χ3v) is 3.56. The van der Waals surface area contributed by atoms with Gasteiger partial charge in [-0.25, -0.2) is 0 Å². The molecule has 2 rings (SSSR count). The molecule has 1 heterocycles. The van der Waals surface area contributed by atoms with Crippen molar-refractivity contribution in [1.29, 1.82) is 0 Å². The van der Waals surface area contributed by atoms with E-state index < -0.39 is 0 Å². The van der Waals surface area contributed by atoms with Gasteiger partial charge >= 0.3 is 0 Å². The highest BCUT2D eigenvalue weighted by Crippen LogP contribution is 2.28. The third kappa shape index (κ3) is 3.37. The molecule has 0 amide bonds. The summed E-state index contributed by atoms with van der Waals surface area (Å²) in [6.45, 7) is 7.53. The Hall–Kier alpha value is -0.770. The Bertz CT molecular complexity index is 376. The summed E-state index contributed by atoms with van der Waals surface area (Å²) in [5, 5.41) is 4.20. The zero-order chi connectivity index (χ0) is 12.8. The normalized spacial score (nSPS) is 16.7. The summed E-state index contributed by atoms with van der Waals surface area (Å²) < 4.78 is 5.51. The molecule has 18 heavy (non-hydrogen) atoms. The van der Waals surface area contributed by atoms with E-state index in [1.54, 1.807) is 0 Å². The maximum absolute atomic E-state index is 6.33. The van der Waals surface area contributed by atoms with E-state index in [9.17, 15) is 0 Å². The molecule has 1 aromatic rings. The predicted octanol–water partition coefficient (Wildman–Crippen LogP) is 2.68. The number of anilines is 1. The van der Waals surface area contributed by atoms with Crippen molar-refractivity contribution in [3.63, 3.8) is 0 Å². The summed E-state index contributed by atoms with van der Waals surface area (Å²) in [4.78, 5) is 2.38. The molecule has 0 saturated carbocycles. The largest absolute Gasteiger partial charge is 0.380 e. The molecule has 1 fully saturated rings. The lowest BCUT2D eigenvalue weighted by Gasteiger charge is -2.25. The molecule has 1 aliphatic rings. The first kappa shape index (κ1) is 13.7. The average Bonchev–Trinajstić information content (AvgIpc) is 2.66. The molecular formula is C14H21ClN2O. The number of halogens is 1. The smallest absolute Gasteiger partial charge is 0.0641 e. The van der Waals surface area contributed by atoms with Gasteiger partial charge in [0.2, 0.25) is 0 Å². The standard InChI is InChI=1S/C14H21ClN2O/c1-2-16-11-12-13(15)5-3-6-14(12)17-7-4-9-18-10-8-17/h3,5-6,16H,2,4,7-11H2,1H3. The van der Waals surface area contributed by atoms with Crippen LogP contribution >= 0.6 is 11.6 Å². The number of nitrogens with one attached hydrogen (secondary N) is 1. The topological polar surface area (TPSA) is 24.5 Å². The molecule has 4 heteroatoms. The van der Waals surface area contributed by atoms with E-state index in [1.165, 1.54) is 11.3 Å². The SMILES string of the molecule is CCNCc1c(Cl)cccc1N1CCCOCC1. The van der Waals surface area contributed by atoms with Gasteiger partial charge in [-0.2, -0.15) is 0 Å². The minimum atomic E-state index is 0.799. The summed E-state index contributed by atoms with van der Waals surface area (Å²) in [5.41, 5.74) is 2.44.